The van der Waals surface area contributed by atoms with Crippen LogP contribution in [0.25, 0.3) is 5.69 Å². The molecule has 0 unspecified atom stereocenters. The van der Waals surface area contributed by atoms with Crippen molar-refractivity contribution in [3.8, 4) is 11.4 Å². The predicted molar refractivity (Wildman–Crippen MR) is 104 cm³/mol. The minimum atomic E-state index is -4.27. The molecule has 0 aliphatic heterocycles. The van der Waals surface area contributed by atoms with Gasteiger partial charge in [-0.2, -0.15) is 0 Å². The number of carbonyl (C=O) groups is 1. The predicted octanol–water partition coefficient (Wildman–Crippen LogP) is 3.35. The lowest BCUT2D eigenvalue weighted by Crippen LogP contribution is -2.31. The first-order chi connectivity index (χ1) is 13.2. The zero-order valence-electron chi connectivity index (χ0n) is 14.1. The standard InChI is InChI=1S/C16H11Cl3N4O4S/c1-27-10-3-4-11(18)15(7-10)28(25,26)21-16(24)13-8-23(22-20-13)14-5-2-9(17)6-12(14)19/h2-8H,1H3,(H,21,24). The van der Waals surface area contributed by atoms with E-state index in [1.807, 2.05) is 4.72 Å². The number of hydrogen-bond acceptors (Lipinski definition) is 6. The van der Waals surface area contributed by atoms with Crippen molar-refractivity contribution in [3.63, 3.8) is 0 Å². The Morgan fingerprint density at radius 1 is 1.11 bits per heavy atom. The Morgan fingerprint density at radius 2 is 1.86 bits per heavy atom. The van der Waals surface area contributed by atoms with Crippen molar-refractivity contribution in [2.75, 3.05) is 7.11 Å². The third-order valence-electron chi connectivity index (χ3n) is 3.54. The van der Waals surface area contributed by atoms with Crippen LogP contribution in [0.4, 0.5) is 0 Å². The summed E-state index contributed by atoms with van der Waals surface area (Å²) in [5.41, 5.74) is 0.171. The number of methoxy groups -OCH3 is 1. The highest BCUT2D eigenvalue weighted by Gasteiger charge is 2.24. The van der Waals surface area contributed by atoms with Crippen molar-refractivity contribution in [3.05, 3.63) is 63.4 Å². The van der Waals surface area contributed by atoms with E-state index < -0.39 is 15.9 Å². The molecule has 28 heavy (non-hydrogen) atoms. The number of benzene rings is 2. The minimum absolute atomic E-state index is 0.0716. The molecule has 3 rings (SSSR count). The van der Waals surface area contributed by atoms with E-state index in [2.05, 4.69) is 10.3 Å². The third-order valence-corrected chi connectivity index (χ3v) is 5.89. The number of amides is 1. The first-order valence-electron chi connectivity index (χ1n) is 7.50. The van der Waals surface area contributed by atoms with Gasteiger partial charge in [0.05, 0.1) is 29.0 Å². The summed E-state index contributed by atoms with van der Waals surface area (Å²) >= 11 is 17.9. The Labute approximate surface area is 175 Å². The van der Waals surface area contributed by atoms with Crippen LogP contribution in [0, 0.1) is 0 Å². The molecule has 0 fully saturated rings. The van der Waals surface area contributed by atoms with Crippen LogP contribution in [0.3, 0.4) is 0 Å². The summed E-state index contributed by atoms with van der Waals surface area (Å²) < 4.78 is 33.1. The number of nitrogens with zero attached hydrogens (tertiary/aromatic N) is 3. The van der Waals surface area contributed by atoms with Crippen LogP contribution in [-0.4, -0.2) is 36.4 Å². The van der Waals surface area contributed by atoms with Crippen LogP contribution in [0.2, 0.25) is 15.1 Å². The molecule has 3 aromatic rings. The fraction of sp³-hybridized carbons (Fsp3) is 0.0625. The molecule has 1 N–H and O–H groups in total. The molecule has 0 atom stereocenters. The number of sulfonamides is 1. The van der Waals surface area contributed by atoms with E-state index in [-0.39, 0.29) is 26.4 Å². The lowest BCUT2D eigenvalue weighted by atomic mass is 10.3. The molecular weight excluding hydrogens is 451 g/mol. The molecule has 0 saturated heterocycles. The summed E-state index contributed by atoms with van der Waals surface area (Å²) in [5, 5.41) is 8.09. The molecule has 0 aliphatic rings. The van der Waals surface area contributed by atoms with Crippen LogP contribution in [0.15, 0.2) is 47.5 Å². The molecule has 0 bridgehead atoms. The highest BCUT2D eigenvalue weighted by Crippen LogP contribution is 2.26. The Kier molecular flexibility index (Phi) is 5.80. The quantitative estimate of drug-likeness (QED) is 0.625. The second-order valence-electron chi connectivity index (χ2n) is 5.38. The van der Waals surface area contributed by atoms with Crippen molar-refractivity contribution in [1.82, 2.24) is 19.7 Å². The highest BCUT2D eigenvalue weighted by atomic mass is 35.5. The molecular formula is C16H11Cl3N4O4S. The first kappa shape index (κ1) is 20.4. The van der Waals surface area contributed by atoms with Gasteiger partial charge >= 0.3 is 0 Å². The lowest BCUT2D eigenvalue weighted by Gasteiger charge is -2.09. The molecule has 0 radical (unpaired) electrons. The van der Waals surface area contributed by atoms with Crippen LogP contribution in [0.5, 0.6) is 5.75 Å². The van der Waals surface area contributed by atoms with E-state index >= 15 is 0 Å². The van der Waals surface area contributed by atoms with Gasteiger partial charge in [0.25, 0.3) is 15.9 Å². The SMILES string of the molecule is COc1ccc(Cl)c(S(=O)(=O)NC(=O)c2cn(-c3ccc(Cl)cc3Cl)nn2)c1. The van der Waals surface area contributed by atoms with Crippen molar-refractivity contribution >= 4 is 50.7 Å². The molecule has 12 heteroatoms. The van der Waals surface area contributed by atoms with Crippen molar-refractivity contribution < 1.29 is 17.9 Å². The van der Waals surface area contributed by atoms with E-state index in [0.29, 0.717) is 10.7 Å². The summed E-state index contributed by atoms with van der Waals surface area (Å²) in [7, 11) is -2.90. The van der Waals surface area contributed by atoms with Gasteiger partial charge in [-0.25, -0.2) is 17.8 Å². The maximum absolute atomic E-state index is 12.5. The molecule has 0 saturated carbocycles. The Bertz CT molecular complexity index is 1160. The summed E-state index contributed by atoms with van der Waals surface area (Å²) in [6.45, 7) is 0. The number of hydrogen-bond donors (Lipinski definition) is 1. The normalized spacial score (nSPS) is 11.3. The zero-order valence-corrected chi connectivity index (χ0v) is 17.1. The Hall–Kier alpha value is -2.33. The van der Waals surface area contributed by atoms with Gasteiger partial charge in [0.2, 0.25) is 0 Å². The number of rotatable bonds is 5. The van der Waals surface area contributed by atoms with E-state index in [9.17, 15) is 13.2 Å². The molecule has 1 heterocycles. The summed E-state index contributed by atoms with van der Waals surface area (Å²) in [6, 6.07) is 8.69. The number of carbonyl (C=O) groups excluding carboxylic acids is 1. The van der Waals surface area contributed by atoms with Crippen LogP contribution >= 0.6 is 34.8 Å². The minimum Gasteiger partial charge on any atom is -0.497 e. The van der Waals surface area contributed by atoms with E-state index in [4.69, 9.17) is 39.5 Å². The summed E-state index contributed by atoms with van der Waals surface area (Å²) in [6.07, 6.45) is 1.23. The fourth-order valence-electron chi connectivity index (χ4n) is 2.20. The third kappa shape index (κ3) is 4.22. The fourth-order valence-corrected chi connectivity index (χ4v) is 4.17. The smallest absolute Gasteiger partial charge is 0.287 e. The van der Waals surface area contributed by atoms with Gasteiger partial charge in [-0.3, -0.25) is 4.79 Å². The van der Waals surface area contributed by atoms with Gasteiger partial charge in [-0.1, -0.05) is 40.0 Å². The highest BCUT2D eigenvalue weighted by molar-refractivity contribution is 7.90. The van der Waals surface area contributed by atoms with Gasteiger partial charge in [0.15, 0.2) is 5.69 Å². The van der Waals surface area contributed by atoms with Crippen molar-refractivity contribution in [2.45, 2.75) is 4.90 Å². The monoisotopic (exact) mass is 460 g/mol. The van der Waals surface area contributed by atoms with Gasteiger partial charge in [-0.15, -0.1) is 5.10 Å². The average molecular weight is 462 g/mol. The molecule has 1 amide bonds. The van der Waals surface area contributed by atoms with Crippen molar-refractivity contribution in [1.29, 1.82) is 0 Å². The molecule has 146 valence electrons. The molecule has 8 nitrogen and oxygen atoms in total. The number of aromatic nitrogens is 3. The second-order valence-corrected chi connectivity index (χ2v) is 8.28. The van der Waals surface area contributed by atoms with Gasteiger partial charge in [-0.05, 0) is 30.3 Å². The Morgan fingerprint density at radius 3 is 2.54 bits per heavy atom. The largest absolute Gasteiger partial charge is 0.497 e. The molecule has 0 aliphatic carbocycles. The van der Waals surface area contributed by atoms with E-state index in [1.54, 1.807) is 12.1 Å². The van der Waals surface area contributed by atoms with Crippen LogP contribution < -0.4 is 9.46 Å². The Balaban J connectivity index is 1.86. The van der Waals surface area contributed by atoms with Crippen LogP contribution in [-0.2, 0) is 10.0 Å². The maximum atomic E-state index is 12.5. The molecule has 2 aromatic carbocycles. The second kappa shape index (κ2) is 7.96. The average Bonchev–Trinajstić information content (AvgIpc) is 3.11. The molecule has 1 aromatic heterocycles. The van der Waals surface area contributed by atoms with Crippen molar-refractivity contribution in [2.24, 2.45) is 0 Å². The number of ether oxygens (including phenoxy) is 1. The summed E-state index contributed by atoms with van der Waals surface area (Å²) in [5.74, 6) is -0.726. The number of nitrogens with one attached hydrogen (secondary N) is 1. The first-order valence-corrected chi connectivity index (χ1v) is 10.1. The number of halogens is 3. The maximum Gasteiger partial charge on any atom is 0.287 e. The molecule has 0 spiro atoms. The van der Waals surface area contributed by atoms with E-state index in [1.165, 1.54) is 42.3 Å². The van der Waals surface area contributed by atoms with Gasteiger partial charge in [0, 0.05) is 11.1 Å². The van der Waals surface area contributed by atoms with Gasteiger partial charge < -0.3 is 4.74 Å². The zero-order chi connectivity index (χ0) is 20.5. The topological polar surface area (TPSA) is 103 Å². The van der Waals surface area contributed by atoms with Crippen LogP contribution in [0.1, 0.15) is 10.5 Å². The van der Waals surface area contributed by atoms with E-state index in [0.717, 1.165) is 0 Å². The van der Waals surface area contributed by atoms with Gasteiger partial charge in [0.1, 0.15) is 10.6 Å². The summed E-state index contributed by atoms with van der Waals surface area (Å²) in [4.78, 5) is 12.0. The lowest BCUT2D eigenvalue weighted by molar-refractivity contribution is 0.0976.